The molecule has 1 aliphatic rings. The van der Waals surface area contributed by atoms with E-state index in [0.717, 1.165) is 35.3 Å². The van der Waals surface area contributed by atoms with Crippen molar-refractivity contribution in [3.8, 4) is 0 Å². The van der Waals surface area contributed by atoms with Crippen LogP contribution in [0.5, 0.6) is 0 Å². The van der Waals surface area contributed by atoms with Gasteiger partial charge < -0.3 is 10.2 Å². The van der Waals surface area contributed by atoms with E-state index in [4.69, 9.17) is 23.2 Å². The van der Waals surface area contributed by atoms with Crippen molar-refractivity contribution in [2.24, 2.45) is 0 Å². The fraction of sp³-hybridized carbons (Fsp3) is 0.304. The van der Waals surface area contributed by atoms with Crippen molar-refractivity contribution in [2.75, 3.05) is 19.6 Å². The number of Topliss-reactive ketones (excluding diaryl/α,β-unsaturated/α-hetero) is 1. The number of likely N-dealkylation sites (tertiary alicyclic amines) is 1. The van der Waals surface area contributed by atoms with Gasteiger partial charge in [-0.2, -0.15) is 0 Å². The first-order valence-corrected chi connectivity index (χ1v) is 11.6. The zero-order valence-electron chi connectivity index (χ0n) is 16.4. The molecule has 7 heteroatoms. The topological polar surface area (TPSA) is 49.4 Å². The van der Waals surface area contributed by atoms with Crippen LogP contribution in [0.3, 0.4) is 0 Å². The van der Waals surface area contributed by atoms with Gasteiger partial charge in [0.2, 0.25) is 0 Å². The molecule has 3 aromatic rings. The third-order valence-corrected chi connectivity index (χ3v) is 6.90. The second kappa shape index (κ2) is 9.48. The maximum absolute atomic E-state index is 12.8. The Morgan fingerprint density at radius 3 is 2.43 bits per heavy atom. The standard InChI is InChI=1S/C23H22Cl2N2O2S/c24-17-6-3-15(4-7-17)11-19(14-27-9-1-2-10-27)26-23(29)22(28)21-12-16-5-8-18(25)13-20(16)30-21/h3-8,12-13,19H,1-2,9-11,14H2,(H,26,29). The van der Waals surface area contributed by atoms with E-state index >= 15 is 0 Å². The second-order valence-electron chi connectivity index (χ2n) is 7.63. The van der Waals surface area contributed by atoms with E-state index in [-0.39, 0.29) is 6.04 Å². The Morgan fingerprint density at radius 2 is 1.70 bits per heavy atom. The number of nitrogens with zero attached hydrogens (tertiary/aromatic N) is 1. The van der Waals surface area contributed by atoms with Gasteiger partial charge in [-0.05, 0) is 73.6 Å². The fourth-order valence-corrected chi connectivity index (χ4v) is 5.22. The Kier molecular flexibility index (Phi) is 6.74. The van der Waals surface area contributed by atoms with E-state index in [9.17, 15) is 9.59 Å². The summed E-state index contributed by atoms with van der Waals surface area (Å²) in [6.07, 6.45) is 2.99. The summed E-state index contributed by atoms with van der Waals surface area (Å²) in [5, 5.41) is 5.18. The largest absolute Gasteiger partial charge is 0.345 e. The molecule has 1 unspecified atom stereocenters. The summed E-state index contributed by atoms with van der Waals surface area (Å²) < 4.78 is 0.897. The Balaban J connectivity index is 1.48. The number of hydrogen-bond acceptors (Lipinski definition) is 4. The molecule has 1 amide bonds. The lowest BCUT2D eigenvalue weighted by Gasteiger charge is -2.24. The smallest absolute Gasteiger partial charge is 0.293 e. The van der Waals surface area contributed by atoms with E-state index in [1.54, 1.807) is 12.1 Å². The van der Waals surface area contributed by atoms with Crippen LogP contribution >= 0.6 is 34.5 Å². The molecule has 0 spiro atoms. The molecular weight excluding hydrogens is 439 g/mol. The predicted molar refractivity (Wildman–Crippen MR) is 124 cm³/mol. The number of rotatable bonds is 7. The van der Waals surface area contributed by atoms with Crippen molar-refractivity contribution in [1.82, 2.24) is 10.2 Å². The van der Waals surface area contributed by atoms with Gasteiger partial charge in [-0.3, -0.25) is 9.59 Å². The summed E-state index contributed by atoms with van der Waals surface area (Å²) >= 11 is 13.3. The van der Waals surface area contributed by atoms with Gasteiger partial charge >= 0.3 is 0 Å². The number of halogens is 2. The number of benzene rings is 2. The molecule has 1 aromatic heterocycles. The highest BCUT2D eigenvalue weighted by molar-refractivity contribution is 7.21. The molecule has 2 heterocycles. The van der Waals surface area contributed by atoms with Gasteiger partial charge in [0, 0.05) is 27.3 Å². The minimum Gasteiger partial charge on any atom is -0.345 e. The molecular formula is C23H22Cl2N2O2S. The molecule has 0 radical (unpaired) electrons. The highest BCUT2D eigenvalue weighted by Gasteiger charge is 2.24. The molecule has 2 aromatic carbocycles. The number of fused-ring (bicyclic) bond motifs is 1. The highest BCUT2D eigenvalue weighted by atomic mass is 35.5. The van der Waals surface area contributed by atoms with Crippen LogP contribution in [0, 0.1) is 0 Å². The molecule has 156 valence electrons. The van der Waals surface area contributed by atoms with E-state index in [1.807, 2.05) is 36.4 Å². The maximum atomic E-state index is 12.8. The number of amides is 1. The number of carbonyl (C=O) groups excluding carboxylic acids is 2. The summed E-state index contributed by atoms with van der Waals surface area (Å²) in [5.74, 6) is -1.07. The van der Waals surface area contributed by atoms with E-state index < -0.39 is 11.7 Å². The normalized spacial score (nSPS) is 15.4. The quantitative estimate of drug-likeness (QED) is 0.388. The van der Waals surface area contributed by atoms with Crippen molar-refractivity contribution >= 4 is 56.3 Å². The van der Waals surface area contributed by atoms with Crippen molar-refractivity contribution in [3.05, 3.63) is 69.0 Å². The summed E-state index contributed by atoms with van der Waals surface area (Å²) in [5.41, 5.74) is 1.08. The van der Waals surface area contributed by atoms with Gasteiger partial charge in [0.25, 0.3) is 11.7 Å². The molecule has 4 rings (SSSR count). The molecule has 1 fully saturated rings. The first-order chi connectivity index (χ1) is 14.5. The summed E-state index contributed by atoms with van der Waals surface area (Å²) in [6, 6.07) is 14.7. The molecule has 30 heavy (non-hydrogen) atoms. The van der Waals surface area contributed by atoms with Gasteiger partial charge in [-0.25, -0.2) is 0 Å². The van der Waals surface area contributed by atoms with Crippen molar-refractivity contribution in [3.63, 3.8) is 0 Å². The zero-order chi connectivity index (χ0) is 21.1. The molecule has 1 saturated heterocycles. The Bertz CT molecular complexity index is 1060. The Morgan fingerprint density at radius 1 is 1.00 bits per heavy atom. The van der Waals surface area contributed by atoms with Gasteiger partial charge in [0.05, 0.1) is 4.88 Å². The first kappa shape index (κ1) is 21.3. The molecule has 1 aliphatic heterocycles. The lowest BCUT2D eigenvalue weighted by Crippen LogP contribution is -2.46. The number of carbonyl (C=O) groups is 2. The van der Waals surface area contributed by atoms with Crippen molar-refractivity contribution in [1.29, 1.82) is 0 Å². The summed E-state index contributed by atoms with van der Waals surface area (Å²) in [6.45, 7) is 2.78. The van der Waals surface area contributed by atoms with Crippen LogP contribution in [-0.4, -0.2) is 42.3 Å². The van der Waals surface area contributed by atoms with Gasteiger partial charge in [0.1, 0.15) is 0 Å². The second-order valence-corrected chi connectivity index (χ2v) is 9.59. The number of hydrogen-bond donors (Lipinski definition) is 1. The molecule has 0 aliphatic carbocycles. The van der Waals surface area contributed by atoms with Gasteiger partial charge in [0.15, 0.2) is 0 Å². The molecule has 0 bridgehead atoms. The van der Waals surface area contributed by atoms with Crippen LogP contribution in [0.4, 0.5) is 0 Å². The van der Waals surface area contributed by atoms with Crippen LogP contribution in [0.2, 0.25) is 10.0 Å². The summed E-state index contributed by atoms with van der Waals surface area (Å²) in [4.78, 5) is 28.4. The van der Waals surface area contributed by atoms with E-state index in [0.29, 0.717) is 21.3 Å². The lowest BCUT2D eigenvalue weighted by molar-refractivity contribution is -0.117. The van der Waals surface area contributed by atoms with Gasteiger partial charge in [-0.15, -0.1) is 11.3 Å². The minimum atomic E-state index is -0.564. The number of nitrogens with one attached hydrogen (secondary N) is 1. The van der Waals surface area contributed by atoms with Crippen LogP contribution < -0.4 is 5.32 Å². The van der Waals surface area contributed by atoms with Crippen LogP contribution in [0.1, 0.15) is 28.1 Å². The average Bonchev–Trinajstić information content (AvgIpc) is 3.38. The zero-order valence-corrected chi connectivity index (χ0v) is 18.7. The fourth-order valence-electron chi connectivity index (χ4n) is 3.82. The molecule has 1 N–H and O–H groups in total. The van der Waals surface area contributed by atoms with E-state index in [1.165, 1.54) is 24.2 Å². The lowest BCUT2D eigenvalue weighted by atomic mass is 10.0. The molecule has 1 atom stereocenters. The SMILES string of the molecule is O=C(NC(Cc1ccc(Cl)cc1)CN1CCCC1)C(=O)c1cc2ccc(Cl)cc2s1. The monoisotopic (exact) mass is 460 g/mol. The van der Waals surface area contributed by atoms with Crippen molar-refractivity contribution in [2.45, 2.75) is 25.3 Å². The Labute approximate surface area is 189 Å². The van der Waals surface area contributed by atoms with Crippen molar-refractivity contribution < 1.29 is 9.59 Å². The minimum absolute atomic E-state index is 0.149. The number of ketones is 1. The number of thiophene rings is 1. The van der Waals surface area contributed by atoms with E-state index in [2.05, 4.69) is 10.2 Å². The highest BCUT2D eigenvalue weighted by Crippen LogP contribution is 2.28. The summed E-state index contributed by atoms with van der Waals surface area (Å²) in [7, 11) is 0. The first-order valence-electron chi connectivity index (χ1n) is 9.99. The maximum Gasteiger partial charge on any atom is 0.293 e. The third-order valence-electron chi connectivity index (χ3n) is 5.32. The van der Waals surface area contributed by atoms with Crippen LogP contribution in [0.25, 0.3) is 10.1 Å². The predicted octanol–water partition coefficient (Wildman–Crippen LogP) is 5.21. The Hall–Kier alpha value is -1.92. The van der Waals surface area contributed by atoms with Gasteiger partial charge in [-0.1, -0.05) is 41.4 Å². The third kappa shape index (κ3) is 5.22. The van der Waals surface area contributed by atoms with Crippen LogP contribution in [-0.2, 0) is 11.2 Å². The molecule has 4 nitrogen and oxygen atoms in total. The molecule has 0 saturated carbocycles. The average molecular weight is 461 g/mol. The van der Waals surface area contributed by atoms with Crippen LogP contribution in [0.15, 0.2) is 48.5 Å².